The summed E-state index contributed by atoms with van der Waals surface area (Å²) in [5.74, 6) is -0.346. The molecule has 0 aromatic carbocycles. The lowest BCUT2D eigenvalue weighted by atomic mass is 9.57. The van der Waals surface area contributed by atoms with Crippen molar-refractivity contribution < 1.29 is 24.2 Å². The van der Waals surface area contributed by atoms with Crippen LogP contribution < -0.4 is 0 Å². The number of hydrogen-bond acceptors (Lipinski definition) is 5. The Labute approximate surface area is 149 Å². The summed E-state index contributed by atoms with van der Waals surface area (Å²) in [6, 6.07) is 0. The summed E-state index contributed by atoms with van der Waals surface area (Å²) in [6.07, 6.45) is 4.41. The summed E-state index contributed by atoms with van der Waals surface area (Å²) in [5.41, 5.74) is -1.98. The molecule has 0 bridgehead atoms. The molecule has 0 aromatic heterocycles. The van der Waals surface area contributed by atoms with E-state index in [1.54, 1.807) is 32.9 Å². The van der Waals surface area contributed by atoms with Crippen molar-refractivity contribution in [3.05, 3.63) is 23.3 Å². The summed E-state index contributed by atoms with van der Waals surface area (Å²) in [5, 5.41) is 11.3. The number of carbonyl (C=O) groups is 2. The molecular weight excluding hydrogens is 320 g/mol. The second-order valence-corrected chi connectivity index (χ2v) is 8.62. The fourth-order valence-electron chi connectivity index (χ4n) is 4.41. The third-order valence-corrected chi connectivity index (χ3v) is 6.37. The van der Waals surface area contributed by atoms with E-state index < -0.39 is 34.3 Å². The van der Waals surface area contributed by atoms with E-state index in [1.807, 2.05) is 20.8 Å². The number of esters is 1. The maximum absolute atomic E-state index is 12.7. The molecule has 0 unspecified atom stereocenters. The molecular formula is C20H28O5. The lowest BCUT2D eigenvalue weighted by Gasteiger charge is -2.50. The van der Waals surface area contributed by atoms with Gasteiger partial charge in [0.1, 0.15) is 17.3 Å². The molecule has 1 aliphatic heterocycles. The Morgan fingerprint density at radius 3 is 2.48 bits per heavy atom. The highest BCUT2D eigenvalue weighted by Crippen LogP contribution is 2.60. The van der Waals surface area contributed by atoms with Crippen molar-refractivity contribution in [3.63, 3.8) is 0 Å². The topological polar surface area (TPSA) is 76.1 Å². The molecule has 2 fully saturated rings. The molecule has 3 aliphatic rings. The smallest absolute Gasteiger partial charge is 0.333 e. The summed E-state index contributed by atoms with van der Waals surface area (Å²) in [6.45, 7) is 10.9. The van der Waals surface area contributed by atoms with Crippen LogP contribution in [-0.4, -0.2) is 39.8 Å². The van der Waals surface area contributed by atoms with Gasteiger partial charge >= 0.3 is 5.97 Å². The van der Waals surface area contributed by atoms with Gasteiger partial charge in [0.2, 0.25) is 0 Å². The largest absolute Gasteiger partial charge is 0.456 e. The van der Waals surface area contributed by atoms with Gasteiger partial charge in [-0.15, -0.1) is 0 Å². The van der Waals surface area contributed by atoms with Gasteiger partial charge in [0, 0.05) is 12.0 Å². The molecule has 1 heterocycles. The molecule has 138 valence electrons. The number of ether oxygens (including phenoxy) is 2. The zero-order chi connectivity index (χ0) is 18.8. The van der Waals surface area contributed by atoms with E-state index in [0.29, 0.717) is 24.8 Å². The Morgan fingerprint density at radius 1 is 1.36 bits per heavy atom. The Morgan fingerprint density at radius 2 is 1.96 bits per heavy atom. The van der Waals surface area contributed by atoms with E-state index in [4.69, 9.17) is 9.47 Å². The number of fused-ring (bicyclic) bond motifs is 1. The highest BCUT2D eigenvalue weighted by molar-refractivity contribution is 5.96. The second kappa shape index (κ2) is 5.27. The van der Waals surface area contributed by atoms with Gasteiger partial charge in [-0.05, 0) is 64.5 Å². The molecule has 0 radical (unpaired) electrons. The average molecular weight is 348 g/mol. The van der Waals surface area contributed by atoms with Crippen LogP contribution in [0.3, 0.4) is 0 Å². The molecule has 1 saturated heterocycles. The van der Waals surface area contributed by atoms with Gasteiger partial charge in [0.05, 0.1) is 0 Å². The third kappa shape index (κ3) is 2.51. The van der Waals surface area contributed by atoms with Crippen LogP contribution in [0.5, 0.6) is 0 Å². The van der Waals surface area contributed by atoms with Gasteiger partial charge in [0.15, 0.2) is 11.4 Å². The molecule has 4 atom stereocenters. The van der Waals surface area contributed by atoms with Crippen LogP contribution in [0.1, 0.15) is 60.8 Å². The molecule has 0 amide bonds. The molecule has 25 heavy (non-hydrogen) atoms. The molecule has 2 aliphatic carbocycles. The highest BCUT2D eigenvalue weighted by atomic mass is 16.6. The summed E-state index contributed by atoms with van der Waals surface area (Å²) >= 11 is 0. The molecule has 1 saturated carbocycles. The maximum Gasteiger partial charge on any atom is 0.333 e. The van der Waals surface area contributed by atoms with E-state index in [0.717, 1.165) is 5.57 Å². The lowest BCUT2D eigenvalue weighted by Crippen LogP contribution is -2.56. The van der Waals surface area contributed by atoms with Crippen LogP contribution in [-0.2, 0) is 19.1 Å². The summed E-state index contributed by atoms with van der Waals surface area (Å²) in [7, 11) is 0. The van der Waals surface area contributed by atoms with Crippen molar-refractivity contribution in [2.75, 3.05) is 0 Å². The average Bonchev–Trinajstić information content (AvgIpc) is 3.07. The zero-order valence-corrected chi connectivity index (χ0v) is 15.9. The Balaban J connectivity index is 1.97. The van der Waals surface area contributed by atoms with Crippen LogP contribution in [0.2, 0.25) is 0 Å². The predicted molar refractivity (Wildman–Crippen MR) is 92.9 cm³/mol. The Hall–Kier alpha value is -1.46. The van der Waals surface area contributed by atoms with Crippen LogP contribution in [0, 0.1) is 5.41 Å². The van der Waals surface area contributed by atoms with Gasteiger partial charge in [-0.2, -0.15) is 0 Å². The minimum absolute atomic E-state index is 0.0692. The minimum atomic E-state index is -1.33. The standard InChI is InChI=1S/C20H28O5/c1-7-12(2)16(22)24-15-8-9-18(5)11-14(21)20(17(3,4)25-20)10-13(18)19(15,6)23/h7,10,15,23H,8-9,11H2,1-6H3/b12-7-/t15-,18+,19-,20+/m0/s1. The Kier molecular flexibility index (Phi) is 3.87. The lowest BCUT2D eigenvalue weighted by molar-refractivity contribution is -0.163. The van der Waals surface area contributed by atoms with Crippen molar-refractivity contribution in [1.82, 2.24) is 0 Å². The molecule has 5 nitrogen and oxygen atoms in total. The van der Waals surface area contributed by atoms with Gasteiger partial charge in [-0.1, -0.05) is 13.0 Å². The van der Waals surface area contributed by atoms with E-state index in [9.17, 15) is 14.7 Å². The summed E-state index contributed by atoms with van der Waals surface area (Å²) in [4.78, 5) is 24.9. The number of ketones is 1. The van der Waals surface area contributed by atoms with E-state index in [2.05, 4.69) is 0 Å². The first-order chi connectivity index (χ1) is 11.4. The van der Waals surface area contributed by atoms with Crippen molar-refractivity contribution >= 4 is 11.8 Å². The highest BCUT2D eigenvalue weighted by Gasteiger charge is 2.71. The quantitative estimate of drug-likeness (QED) is 0.359. The zero-order valence-electron chi connectivity index (χ0n) is 15.9. The fourth-order valence-corrected chi connectivity index (χ4v) is 4.41. The van der Waals surface area contributed by atoms with Gasteiger partial charge in [0.25, 0.3) is 0 Å². The first kappa shape index (κ1) is 18.3. The SMILES string of the molecule is C/C=C(/C)C(=O)O[C@H]1CC[C@]2(C)CC(=O)[C@@]3(C=C2[C@]1(C)O)OC3(C)C. The van der Waals surface area contributed by atoms with Crippen LogP contribution in [0.4, 0.5) is 0 Å². The van der Waals surface area contributed by atoms with E-state index >= 15 is 0 Å². The molecule has 5 heteroatoms. The van der Waals surface area contributed by atoms with Crippen molar-refractivity contribution in [1.29, 1.82) is 0 Å². The second-order valence-electron chi connectivity index (χ2n) is 8.62. The van der Waals surface area contributed by atoms with E-state index in [1.165, 1.54) is 0 Å². The molecule has 1 N–H and O–H groups in total. The van der Waals surface area contributed by atoms with Gasteiger partial charge in [-0.3, -0.25) is 4.79 Å². The van der Waals surface area contributed by atoms with Crippen LogP contribution in [0.15, 0.2) is 23.3 Å². The fraction of sp³-hybridized carbons (Fsp3) is 0.700. The predicted octanol–water partition coefficient (Wildman–Crippen LogP) is 2.86. The number of allylic oxidation sites excluding steroid dienone is 1. The molecule has 1 spiro atoms. The normalized spacial score (nSPS) is 42.7. The number of epoxide rings is 1. The van der Waals surface area contributed by atoms with Crippen molar-refractivity contribution in [2.24, 2.45) is 5.41 Å². The van der Waals surface area contributed by atoms with Gasteiger partial charge in [-0.25, -0.2) is 4.79 Å². The van der Waals surface area contributed by atoms with Crippen molar-refractivity contribution in [3.8, 4) is 0 Å². The third-order valence-electron chi connectivity index (χ3n) is 6.37. The van der Waals surface area contributed by atoms with Gasteiger partial charge < -0.3 is 14.6 Å². The molecule has 0 aromatic rings. The first-order valence-electron chi connectivity index (χ1n) is 8.93. The number of aliphatic hydroxyl groups is 1. The summed E-state index contributed by atoms with van der Waals surface area (Å²) < 4.78 is 11.3. The van der Waals surface area contributed by atoms with Crippen molar-refractivity contribution in [2.45, 2.75) is 83.7 Å². The number of carbonyl (C=O) groups excluding carboxylic acids is 2. The van der Waals surface area contributed by atoms with Crippen LogP contribution >= 0.6 is 0 Å². The Bertz CT molecular complexity index is 699. The number of rotatable bonds is 2. The van der Waals surface area contributed by atoms with E-state index in [-0.39, 0.29) is 5.78 Å². The van der Waals surface area contributed by atoms with Crippen LogP contribution in [0.25, 0.3) is 0 Å². The molecule has 3 rings (SSSR count). The minimum Gasteiger partial charge on any atom is -0.456 e. The first-order valence-corrected chi connectivity index (χ1v) is 8.93. The monoisotopic (exact) mass is 348 g/mol. The maximum atomic E-state index is 12.7. The number of Topliss-reactive ketones (excluding diaryl/α,β-unsaturated/α-hetero) is 1. The number of hydrogen-bond donors (Lipinski definition) is 1.